The number of rotatable bonds is 4. The van der Waals surface area contributed by atoms with Gasteiger partial charge in [0.05, 0.1) is 12.4 Å². The zero-order chi connectivity index (χ0) is 21.6. The lowest BCUT2D eigenvalue weighted by atomic mass is 10.1. The SMILES string of the molecule is CNc1nc(NC(=O)OC(C)(C)C)nc2c1ncn2[C@@H]1O[C@H](CI)[C@@H](O)[C@]1(F)Cl. The van der Waals surface area contributed by atoms with E-state index in [-0.39, 0.29) is 11.6 Å². The number of aliphatic hydroxyl groups is 1. The van der Waals surface area contributed by atoms with Gasteiger partial charge >= 0.3 is 6.09 Å². The molecule has 0 aromatic carbocycles. The molecular formula is C16H21ClFIN6O4. The molecular weight excluding hydrogens is 522 g/mol. The topological polar surface area (TPSA) is 123 Å². The van der Waals surface area contributed by atoms with Gasteiger partial charge in [0.2, 0.25) is 5.95 Å². The van der Waals surface area contributed by atoms with Gasteiger partial charge in [-0.2, -0.15) is 9.97 Å². The molecule has 0 spiro atoms. The molecule has 2 aromatic heterocycles. The van der Waals surface area contributed by atoms with E-state index < -0.39 is 35.3 Å². The predicted octanol–water partition coefficient (Wildman–Crippen LogP) is 2.81. The Balaban J connectivity index is 2.01. The standard InChI is InChI=1S/C16H21ClFIN6O4/c1-15(2,3)29-14(27)24-13-22-10(20-4)8-11(23-13)25(6-21-8)12-16(17,18)9(26)7(5-19)28-12/h6-7,9,12,26H,5H2,1-4H3,(H2,20,22,23,24,27)/t7-,9-,12-,16-/m1/s1. The van der Waals surface area contributed by atoms with Crippen LogP contribution >= 0.6 is 34.2 Å². The minimum absolute atomic E-state index is 0.0825. The maximum atomic E-state index is 15.1. The highest BCUT2D eigenvalue weighted by atomic mass is 127. The molecule has 0 unspecified atom stereocenters. The maximum absolute atomic E-state index is 15.1. The summed E-state index contributed by atoms with van der Waals surface area (Å²) in [6.07, 6.45) is -3.17. The van der Waals surface area contributed by atoms with Gasteiger partial charge in [0, 0.05) is 11.5 Å². The molecule has 0 bridgehead atoms. The van der Waals surface area contributed by atoms with Crippen LogP contribution in [-0.4, -0.2) is 65.1 Å². The summed E-state index contributed by atoms with van der Waals surface area (Å²) in [6, 6.07) is 0. The Labute approximate surface area is 184 Å². The Hall–Kier alpha value is -1.51. The van der Waals surface area contributed by atoms with E-state index in [2.05, 4.69) is 25.6 Å². The van der Waals surface area contributed by atoms with Gasteiger partial charge < -0.3 is 19.9 Å². The molecule has 10 nitrogen and oxygen atoms in total. The third kappa shape index (κ3) is 4.34. The summed E-state index contributed by atoms with van der Waals surface area (Å²) >= 11 is 7.95. The second kappa shape index (κ2) is 7.96. The number of hydrogen-bond acceptors (Lipinski definition) is 8. The van der Waals surface area contributed by atoms with E-state index in [4.69, 9.17) is 21.1 Å². The zero-order valence-electron chi connectivity index (χ0n) is 16.1. The van der Waals surface area contributed by atoms with Crippen LogP contribution in [0.1, 0.15) is 27.0 Å². The normalized spacial score (nSPS) is 27.2. The summed E-state index contributed by atoms with van der Waals surface area (Å²) in [6.45, 7) is 5.16. The van der Waals surface area contributed by atoms with E-state index in [9.17, 15) is 9.90 Å². The number of nitrogens with zero attached hydrogens (tertiary/aromatic N) is 4. The van der Waals surface area contributed by atoms with Crippen LogP contribution in [0.4, 0.5) is 21.0 Å². The Morgan fingerprint density at radius 3 is 2.76 bits per heavy atom. The smallest absolute Gasteiger partial charge is 0.414 e. The first kappa shape index (κ1) is 22.2. The van der Waals surface area contributed by atoms with Crippen LogP contribution in [0.15, 0.2) is 6.33 Å². The minimum atomic E-state index is -2.59. The Kier molecular flexibility index (Phi) is 6.09. The molecule has 1 aliphatic heterocycles. The summed E-state index contributed by atoms with van der Waals surface area (Å²) in [5.74, 6) is 0.212. The molecule has 1 saturated heterocycles. The summed E-state index contributed by atoms with van der Waals surface area (Å²) in [5, 5.41) is 12.8. The van der Waals surface area contributed by atoms with Gasteiger partial charge in [-0.15, -0.1) is 0 Å². The molecule has 3 N–H and O–H groups in total. The van der Waals surface area contributed by atoms with Crippen LogP contribution in [-0.2, 0) is 9.47 Å². The number of aromatic nitrogens is 4. The predicted molar refractivity (Wildman–Crippen MR) is 113 cm³/mol. The average Bonchev–Trinajstić information content (AvgIpc) is 3.11. The van der Waals surface area contributed by atoms with E-state index in [0.717, 1.165) is 0 Å². The van der Waals surface area contributed by atoms with Crippen LogP contribution in [0.5, 0.6) is 0 Å². The monoisotopic (exact) mass is 542 g/mol. The van der Waals surface area contributed by atoms with Crippen LogP contribution in [0.3, 0.4) is 0 Å². The lowest BCUT2D eigenvalue weighted by molar-refractivity contribution is -0.0179. The molecule has 1 amide bonds. The van der Waals surface area contributed by atoms with Gasteiger partial charge in [-0.25, -0.2) is 14.2 Å². The fourth-order valence-corrected chi connectivity index (χ4v) is 3.80. The second-order valence-corrected chi connectivity index (χ2v) is 8.86. The molecule has 3 heterocycles. The van der Waals surface area contributed by atoms with E-state index in [1.54, 1.807) is 27.8 Å². The Morgan fingerprint density at radius 1 is 1.52 bits per heavy atom. The van der Waals surface area contributed by atoms with Crippen molar-refractivity contribution in [3.63, 3.8) is 0 Å². The Morgan fingerprint density at radius 2 is 2.21 bits per heavy atom. The van der Waals surface area contributed by atoms with Gasteiger partial charge in [-0.1, -0.05) is 34.2 Å². The van der Waals surface area contributed by atoms with Gasteiger partial charge in [0.15, 0.2) is 23.2 Å². The molecule has 0 aliphatic carbocycles. The number of imidazole rings is 1. The molecule has 4 atom stereocenters. The number of carbonyl (C=O) groups excluding carboxylic acids is 1. The first-order valence-corrected chi connectivity index (χ1v) is 10.6. The zero-order valence-corrected chi connectivity index (χ0v) is 19.0. The molecule has 13 heteroatoms. The van der Waals surface area contributed by atoms with Crippen molar-refractivity contribution in [1.82, 2.24) is 19.5 Å². The van der Waals surface area contributed by atoms with E-state index in [0.29, 0.717) is 15.8 Å². The van der Waals surface area contributed by atoms with Crippen LogP contribution in [0.2, 0.25) is 0 Å². The maximum Gasteiger partial charge on any atom is 0.414 e. The lowest BCUT2D eigenvalue weighted by Gasteiger charge is -2.22. The van der Waals surface area contributed by atoms with Crippen LogP contribution in [0.25, 0.3) is 11.2 Å². The number of aliphatic hydroxyl groups excluding tert-OH is 1. The highest BCUT2D eigenvalue weighted by molar-refractivity contribution is 14.1. The van der Waals surface area contributed by atoms with Crippen molar-refractivity contribution < 1.29 is 23.8 Å². The first-order chi connectivity index (χ1) is 13.5. The summed E-state index contributed by atoms with van der Waals surface area (Å²) in [7, 11) is 1.61. The third-order valence-electron chi connectivity index (χ3n) is 4.06. The van der Waals surface area contributed by atoms with Gasteiger partial charge in [-0.05, 0) is 20.8 Å². The molecule has 1 fully saturated rings. The number of alkyl halides is 3. The second-order valence-electron chi connectivity index (χ2n) is 7.40. The van der Waals surface area contributed by atoms with Crippen LogP contribution in [0, 0.1) is 0 Å². The van der Waals surface area contributed by atoms with Crippen LogP contribution < -0.4 is 10.6 Å². The van der Waals surface area contributed by atoms with Gasteiger partial charge in [0.25, 0.3) is 5.13 Å². The van der Waals surface area contributed by atoms with Crippen molar-refractivity contribution in [2.75, 3.05) is 22.1 Å². The fourth-order valence-electron chi connectivity index (χ4n) is 2.81. The molecule has 0 radical (unpaired) electrons. The van der Waals surface area contributed by atoms with Crippen molar-refractivity contribution in [2.24, 2.45) is 0 Å². The largest absolute Gasteiger partial charge is 0.444 e. The molecule has 3 rings (SSSR count). The summed E-state index contributed by atoms with van der Waals surface area (Å²) in [5.41, 5.74) is -0.244. The Bertz CT molecular complexity index is 921. The van der Waals surface area contributed by atoms with Crippen molar-refractivity contribution in [1.29, 1.82) is 0 Å². The quantitative estimate of drug-likeness (QED) is 0.398. The number of halogens is 3. The van der Waals surface area contributed by atoms with Crippen molar-refractivity contribution in [3.8, 4) is 0 Å². The highest BCUT2D eigenvalue weighted by Crippen LogP contribution is 2.46. The van der Waals surface area contributed by atoms with E-state index in [1.807, 2.05) is 22.6 Å². The molecule has 160 valence electrons. The highest BCUT2D eigenvalue weighted by Gasteiger charge is 2.57. The lowest BCUT2D eigenvalue weighted by Crippen LogP contribution is -2.37. The molecule has 1 aliphatic rings. The van der Waals surface area contributed by atoms with E-state index >= 15 is 4.39 Å². The van der Waals surface area contributed by atoms with Gasteiger partial charge in [0.1, 0.15) is 11.7 Å². The number of amides is 1. The number of ether oxygens (including phenoxy) is 2. The molecule has 29 heavy (non-hydrogen) atoms. The van der Waals surface area contributed by atoms with Crippen molar-refractivity contribution >= 4 is 63.2 Å². The van der Waals surface area contributed by atoms with Gasteiger partial charge in [-0.3, -0.25) is 9.88 Å². The summed E-state index contributed by atoms with van der Waals surface area (Å²) in [4.78, 5) is 24.7. The average molecular weight is 543 g/mol. The number of hydrogen-bond donors (Lipinski definition) is 3. The number of nitrogens with one attached hydrogen (secondary N) is 2. The number of fused-ring (bicyclic) bond motifs is 1. The number of carbonyl (C=O) groups is 1. The molecule has 2 aromatic rings. The minimum Gasteiger partial charge on any atom is -0.444 e. The van der Waals surface area contributed by atoms with Crippen molar-refractivity contribution in [2.45, 2.75) is 49.9 Å². The third-order valence-corrected chi connectivity index (χ3v) is 5.33. The first-order valence-electron chi connectivity index (χ1n) is 8.67. The summed E-state index contributed by atoms with van der Waals surface area (Å²) < 4.78 is 27.5. The number of anilines is 2. The van der Waals surface area contributed by atoms with E-state index in [1.165, 1.54) is 10.9 Å². The molecule has 0 saturated carbocycles. The fraction of sp³-hybridized carbons (Fsp3) is 0.625. The van der Waals surface area contributed by atoms with Crippen molar-refractivity contribution in [3.05, 3.63) is 6.33 Å².